The highest BCUT2D eigenvalue weighted by molar-refractivity contribution is 7.47. The molecular formula is C46H83NO8P+. The Labute approximate surface area is 347 Å². The van der Waals surface area contributed by atoms with E-state index in [1.165, 1.54) is 78.3 Å². The summed E-state index contributed by atoms with van der Waals surface area (Å²) in [6.07, 6.45) is 46.2. The van der Waals surface area contributed by atoms with Crippen molar-refractivity contribution in [2.45, 2.75) is 167 Å². The fourth-order valence-electron chi connectivity index (χ4n) is 5.77. The number of likely N-dealkylation sites (N-methyl/N-ethyl adjacent to an activating group) is 1. The van der Waals surface area contributed by atoms with Crippen molar-refractivity contribution >= 4 is 19.8 Å². The molecule has 324 valence electrons. The molecule has 9 nitrogen and oxygen atoms in total. The minimum absolute atomic E-state index is 0.00186. The van der Waals surface area contributed by atoms with Crippen LogP contribution in [0.1, 0.15) is 172 Å². The van der Waals surface area contributed by atoms with Crippen LogP contribution in [0.2, 0.25) is 0 Å². The average molecular weight is 812 g/mol. The fourth-order valence-corrected chi connectivity index (χ4v) is 6.56. The summed E-state index contributed by atoms with van der Waals surface area (Å²) < 4.78 is 51.1. The van der Waals surface area contributed by atoms with Gasteiger partial charge in [-0.15, -0.1) is 0 Å². The molecule has 0 aromatic heterocycles. The summed E-state index contributed by atoms with van der Waals surface area (Å²) in [5.74, 6) is -1.32. The molecule has 2 atom stereocenters. The predicted molar refractivity (Wildman–Crippen MR) is 234 cm³/mol. The van der Waals surface area contributed by atoms with Gasteiger partial charge in [0.05, 0.1) is 38.4 Å². The van der Waals surface area contributed by atoms with Gasteiger partial charge in [-0.05, 0) is 64.2 Å². The lowest BCUT2D eigenvalue weighted by Crippen LogP contribution is -2.37. The van der Waals surface area contributed by atoms with Crippen LogP contribution < -0.4 is 0 Å². The van der Waals surface area contributed by atoms with Crippen LogP contribution in [0.4, 0.5) is 0 Å². The van der Waals surface area contributed by atoms with Gasteiger partial charge < -0.3 is 19.2 Å². The van der Waals surface area contributed by atoms with E-state index in [2.05, 4.69) is 61.6 Å². The molecule has 10 heteroatoms. The number of unbranched alkanes of at least 4 members (excludes halogenated alkanes) is 15. The summed E-state index contributed by atoms with van der Waals surface area (Å²) >= 11 is 0. The first-order chi connectivity index (χ1) is 28.2. The summed E-state index contributed by atoms with van der Waals surface area (Å²) in [5.41, 5.74) is 0. The van der Waals surface area contributed by atoms with E-state index in [4.69, 9.17) is 23.0 Å². The third-order valence-corrected chi connectivity index (χ3v) is 10.3. The summed E-state index contributed by atoms with van der Waals surface area (Å²) in [6, 6.07) is 0. The van der Waals surface area contributed by atoms with E-state index in [9.17, 15) is 19.0 Å². The molecule has 0 saturated heterocycles. The zero-order chi connectivity index (χ0) is 43.9. The molecule has 0 fully saturated rings. The molecule has 2 unspecified atom stereocenters. The van der Waals surface area contributed by atoms with Gasteiger partial charge in [-0.1, -0.05) is 151 Å². The number of nitrogens with zero attached hydrogens (tertiary/aromatic N) is 1. The molecule has 0 aromatic carbocycles. The molecule has 0 rings (SSSR count). The quantitative estimate of drug-likeness (QED) is 0.0206. The second kappa shape index (κ2) is 38.2. The maximum Gasteiger partial charge on any atom is 0.472 e. The smallest absolute Gasteiger partial charge is 0.472 e. The molecule has 0 bridgehead atoms. The largest absolute Gasteiger partial charge is 0.481 e. The molecule has 0 aliphatic heterocycles. The molecule has 0 amide bonds. The average Bonchev–Trinajstić information content (AvgIpc) is 3.17. The van der Waals surface area contributed by atoms with Crippen LogP contribution in [0.15, 0.2) is 60.8 Å². The molecule has 0 spiro atoms. The summed E-state index contributed by atoms with van der Waals surface area (Å²) in [6.45, 7) is -0.377. The van der Waals surface area contributed by atoms with Crippen LogP contribution in [0.25, 0.3) is 0 Å². The molecule has 0 heterocycles. The van der Waals surface area contributed by atoms with E-state index in [-0.39, 0.29) is 49.2 Å². The highest BCUT2D eigenvalue weighted by atomic mass is 31.2. The first-order valence-corrected chi connectivity index (χ1v) is 23.3. The predicted octanol–water partition coefficient (Wildman–Crippen LogP) is 12.6. The Morgan fingerprint density at radius 2 is 1.11 bits per heavy atom. The van der Waals surface area contributed by atoms with Crippen LogP contribution >= 0.6 is 7.82 Å². The van der Waals surface area contributed by atoms with Crippen molar-refractivity contribution in [3.05, 3.63) is 60.8 Å². The van der Waals surface area contributed by atoms with Crippen molar-refractivity contribution < 1.29 is 46.5 Å². The van der Waals surface area contributed by atoms with E-state index in [1.807, 2.05) is 6.08 Å². The first-order valence-electron chi connectivity index (χ1n) is 23.3. The number of carbonyl (C=O) groups excluding carboxylic acids is 1. The lowest BCUT2D eigenvalue weighted by Gasteiger charge is -2.24. The van der Waals surface area contributed by atoms with Gasteiger partial charge in [0.2, 0.25) is 0 Å². The van der Waals surface area contributed by atoms with E-state index in [1.54, 1.807) is 0 Å². The summed E-state index contributed by atoms with van der Waals surface area (Å²) in [5, 5.41) is 8.66. The molecule has 0 saturated carbocycles. The van der Waals surface area contributed by atoms with Crippen LogP contribution in [-0.2, 0) is 27.9 Å². The van der Waals surface area contributed by atoms with Gasteiger partial charge >= 0.3 is 19.8 Å². The van der Waals surface area contributed by atoms with Crippen molar-refractivity contribution in [3.8, 4) is 0 Å². The number of esters is 1. The topological polar surface area (TPSA) is 119 Å². The number of quaternary nitrogens is 1. The van der Waals surface area contributed by atoms with Gasteiger partial charge in [0.15, 0.2) is 0 Å². The van der Waals surface area contributed by atoms with E-state index in [0.717, 1.165) is 70.6 Å². The number of ether oxygens (including phenoxy) is 1. The Kier molecular flexibility index (Phi) is 32.8. The van der Waals surface area contributed by atoms with Gasteiger partial charge in [0, 0.05) is 18.8 Å². The fraction of sp³-hybridized carbons (Fsp3) is 0.739. The molecule has 0 aliphatic rings. The maximum atomic E-state index is 12.6. The van der Waals surface area contributed by atoms with E-state index < -0.39 is 20.8 Å². The first kappa shape index (κ1) is 48.1. The van der Waals surface area contributed by atoms with Crippen LogP contribution in [-0.4, -0.2) is 73.9 Å². The van der Waals surface area contributed by atoms with Gasteiger partial charge in [-0.3, -0.25) is 18.6 Å². The Morgan fingerprint density at radius 1 is 0.643 bits per heavy atom. The molecular weight excluding hydrogens is 725 g/mol. The molecule has 2 N–H and O–H groups in total. The van der Waals surface area contributed by atoms with Crippen LogP contribution in [0.3, 0.4) is 0 Å². The third-order valence-electron chi connectivity index (χ3n) is 9.27. The Hall–Kier alpha value is -2.29. The lowest BCUT2D eigenvalue weighted by atomic mass is 10.0. The van der Waals surface area contributed by atoms with Gasteiger partial charge in [-0.2, -0.15) is 0 Å². The Morgan fingerprint density at radius 3 is 1.62 bits per heavy atom. The number of allylic oxidation sites excluding steroid dienone is 10. The van der Waals surface area contributed by atoms with Crippen molar-refractivity contribution in [1.82, 2.24) is 0 Å². The molecule has 0 aliphatic carbocycles. The number of hydrogen-bond acceptors (Lipinski definition) is 6. The second-order valence-electron chi connectivity index (χ2n) is 15.4. The van der Waals surface area contributed by atoms with Gasteiger partial charge in [0.1, 0.15) is 13.2 Å². The van der Waals surface area contributed by atoms with E-state index >= 15 is 0 Å². The number of aliphatic carboxylic acids is 1. The number of phosphoric ester groups is 1. The highest BCUT2D eigenvalue weighted by Crippen LogP contribution is 2.43. The van der Waals surface area contributed by atoms with Crippen LogP contribution in [0, 0.1) is 5.92 Å². The van der Waals surface area contributed by atoms with Gasteiger partial charge in [0.25, 0.3) is 0 Å². The number of carboxylic acids is 1. The number of hydrogen-bond donors (Lipinski definition) is 2. The lowest BCUT2D eigenvalue weighted by molar-refractivity contribution is -0.870. The molecule has 56 heavy (non-hydrogen) atoms. The number of carbonyl (C=O) groups is 2. The number of rotatable bonds is 40. The zero-order valence-corrected chi connectivity index (χ0v) is 36.5. The summed E-state index contributed by atoms with van der Waals surface area (Å²) in [7, 11) is -1.44. The van der Waals surface area contributed by atoms with Crippen molar-refractivity contribution in [3.63, 3.8) is 0 Å². The van der Waals surface area contributed by atoms with Crippen molar-refractivity contribution in [1.29, 1.82) is 0 Å². The van der Waals surface area contributed by atoms with Gasteiger partial charge in [-0.25, -0.2) is 4.57 Å². The highest BCUT2D eigenvalue weighted by Gasteiger charge is 2.25. The minimum Gasteiger partial charge on any atom is -0.481 e. The molecule has 0 radical (unpaired) electrons. The Bertz CT molecular complexity index is 1250. The maximum absolute atomic E-state index is 12.6. The van der Waals surface area contributed by atoms with Crippen LogP contribution in [0.5, 0.6) is 0 Å². The second-order valence-corrected chi connectivity index (χ2v) is 16.9. The monoisotopic (exact) mass is 812 g/mol. The zero-order valence-electron chi connectivity index (χ0n) is 38.6. The number of carboxylic acid groups (broad SMARTS) is 1. The standard InChI is InChI=1S/C46H82NO8P/c1-5-6-7-8-9-10-11-19-24-27-30-33-36-39-46(50)53-42-44(43-55-56(51,52)54-41-40-47(2,3)4)37-34-31-28-25-22-20-17-15-13-12-14-16-18-21-23-26-29-32-35-38-45(48)49/h13-16,20-23,28,31,44H,5-12,17-19,24-27,29-30,32-43H2,1-4H3,(H-,48,49,51,52)/p+1/b15-13-,16-14-,22-20-,23-21-,31-28-/i2D3. The van der Waals surface area contributed by atoms with E-state index in [0.29, 0.717) is 19.3 Å². The minimum atomic E-state index is -4.44. The molecule has 0 aromatic rings. The number of phosphoric acid groups is 1. The summed E-state index contributed by atoms with van der Waals surface area (Å²) in [4.78, 5) is 33.4. The SMILES string of the molecule is [2H]C([2H])([2H])[N+](C)(C)CCOP(=O)(O)OCC(CC/C=C\C/C=C\C/C=C\C/C=C\C/C=C\CCCCCC(=O)O)COC(=O)CCCCCCCCCCCCCCC. The van der Waals surface area contributed by atoms with Crippen molar-refractivity contribution in [2.75, 3.05) is 47.4 Å². The van der Waals surface area contributed by atoms with Crippen molar-refractivity contribution in [2.24, 2.45) is 5.92 Å². The normalized spacial score (nSPS) is 15.2. The Balaban J connectivity index is 4.57. The third kappa shape index (κ3) is 42.8.